The second kappa shape index (κ2) is 10.7. The fourth-order valence-corrected chi connectivity index (χ4v) is 6.56. The van der Waals surface area contributed by atoms with Crippen LogP contribution in [0.1, 0.15) is 45.6 Å². The molecular weight excluding hydrogens is 551 g/mol. The Morgan fingerprint density at radius 2 is 2.00 bits per heavy atom. The summed E-state index contributed by atoms with van der Waals surface area (Å²) in [5, 5.41) is 5.69. The third kappa shape index (κ3) is 4.97. The van der Waals surface area contributed by atoms with Crippen LogP contribution in [0.15, 0.2) is 18.3 Å². The van der Waals surface area contributed by atoms with Crippen molar-refractivity contribution >= 4 is 46.4 Å². The topological polar surface area (TPSA) is 118 Å². The van der Waals surface area contributed by atoms with E-state index >= 15 is 4.39 Å². The van der Waals surface area contributed by atoms with Gasteiger partial charge in [-0.2, -0.15) is 0 Å². The minimum Gasteiger partial charge on any atom is -0.438 e. The van der Waals surface area contributed by atoms with Gasteiger partial charge in [-0.1, -0.05) is 11.6 Å². The van der Waals surface area contributed by atoms with E-state index in [0.29, 0.717) is 53.6 Å². The summed E-state index contributed by atoms with van der Waals surface area (Å²) in [5.41, 5.74) is 1.80. The van der Waals surface area contributed by atoms with Crippen molar-refractivity contribution in [3.8, 4) is 11.3 Å². The lowest BCUT2D eigenvalue weighted by molar-refractivity contribution is -0.130. The number of benzene rings is 1. The molecule has 1 saturated carbocycles. The molecule has 2 saturated heterocycles. The molecular formula is C28H34ClFN8O3. The number of nitrogens with one attached hydrogen (secondary N) is 2. The fraction of sp³-hybridized carbons (Fsp3) is 0.536. The normalized spacial score (nSPS) is 24.5. The summed E-state index contributed by atoms with van der Waals surface area (Å²) in [4.78, 5) is 42.9. The van der Waals surface area contributed by atoms with Gasteiger partial charge in [-0.3, -0.25) is 9.69 Å². The number of halogens is 2. The number of hydrogen-bond donors (Lipinski definition) is 2. The Morgan fingerprint density at radius 1 is 1.20 bits per heavy atom. The van der Waals surface area contributed by atoms with Crippen LogP contribution < -0.4 is 15.5 Å². The molecule has 2 bridgehead atoms. The van der Waals surface area contributed by atoms with E-state index < -0.39 is 24.1 Å². The smallest absolute Gasteiger partial charge is 0.407 e. The van der Waals surface area contributed by atoms with Crippen LogP contribution in [-0.4, -0.2) is 87.7 Å². The number of hydrogen-bond acceptors (Lipinski definition) is 9. The van der Waals surface area contributed by atoms with Gasteiger partial charge in [0, 0.05) is 43.8 Å². The maximum atomic E-state index is 15.7. The van der Waals surface area contributed by atoms with Gasteiger partial charge in [0.25, 0.3) is 0 Å². The number of amides is 1. The van der Waals surface area contributed by atoms with Crippen molar-refractivity contribution in [3.63, 3.8) is 0 Å². The van der Waals surface area contributed by atoms with E-state index in [4.69, 9.17) is 21.3 Å². The third-order valence-corrected chi connectivity index (χ3v) is 8.69. The summed E-state index contributed by atoms with van der Waals surface area (Å²) in [6.45, 7) is 5.97. The maximum absolute atomic E-state index is 15.7. The quantitative estimate of drug-likeness (QED) is 0.443. The number of rotatable bonds is 6. The monoisotopic (exact) mass is 584 g/mol. The van der Waals surface area contributed by atoms with Crippen LogP contribution in [0.4, 0.5) is 21.1 Å². The SMILES string of the molecule is CNC(=O)O[C@H]1CCC[C@@H](Nc2ncc(Cl)c(-c3cc(F)c4nc(N5C[C@H]6C[C@@H]5CN6C)n(C(C)C)c4c3)n2)C1=O. The van der Waals surface area contributed by atoms with Crippen molar-refractivity contribution < 1.29 is 18.7 Å². The highest BCUT2D eigenvalue weighted by Crippen LogP contribution is 2.39. The number of likely N-dealkylation sites (N-methyl/N-ethyl adjacent to an activating group) is 1. The van der Waals surface area contributed by atoms with Crippen molar-refractivity contribution in [2.75, 3.05) is 37.4 Å². The van der Waals surface area contributed by atoms with E-state index in [-0.39, 0.29) is 22.8 Å². The minimum absolute atomic E-state index is 0.0434. The molecule has 4 atom stereocenters. The molecule has 0 radical (unpaired) electrons. The van der Waals surface area contributed by atoms with Crippen molar-refractivity contribution in [1.82, 2.24) is 29.7 Å². The molecule has 13 heteroatoms. The number of piperazine rings is 1. The molecule has 6 rings (SSSR count). The van der Waals surface area contributed by atoms with Gasteiger partial charge in [-0.15, -0.1) is 0 Å². The lowest BCUT2D eigenvalue weighted by Crippen LogP contribution is -2.45. The van der Waals surface area contributed by atoms with Crippen molar-refractivity contribution in [2.45, 2.75) is 69.8 Å². The van der Waals surface area contributed by atoms with Gasteiger partial charge in [0.05, 0.1) is 28.5 Å². The van der Waals surface area contributed by atoms with Gasteiger partial charge in [0.15, 0.2) is 17.7 Å². The lowest BCUT2D eigenvalue weighted by atomic mass is 9.91. The Balaban J connectivity index is 1.32. The lowest BCUT2D eigenvalue weighted by Gasteiger charge is -2.33. The van der Waals surface area contributed by atoms with E-state index in [1.165, 1.54) is 19.3 Å². The summed E-state index contributed by atoms with van der Waals surface area (Å²) in [7, 11) is 3.59. The highest BCUT2D eigenvalue weighted by Gasteiger charge is 2.43. The second-order valence-corrected chi connectivity index (χ2v) is 11.8. The Hall–Kier alpha value is -3.51. The number of alkyl carbamates (subject to hydrolysis) is 1. The van der Waals surface area contributed by atoms with E-state index in [9.17, 15) is 9.59 Å². The number of imidazole rings is 1. The van der Waals surface area contributed by atoms with E-state index in [1.807, 2.05) is 6.07 Å². The number of ether oxygens (including phenoxy) is 1. The predicted molar refractivity (Wildman–Crippen MR) is 154 cm³/mol. The molecule has 2 N–H and O–H groups in total. The number of carbonyl (C=O) groups is 2. The van der Waals surface area contributed by atoms with Gasteiger partial charge >= 0.3 is 6.09 Å². The van der Waals surface area contributed by atoms with Gasteiger partial charge < -0.3 is 24.8 Å². The molecule has 1 aliphatic carbocycles. The average Bonchev–Trinajstić information content (AvgIpc) is 3.64. The largest absolute Gasteiger partial charge is 0.438 e. The van der Waals surface area contributed by atoms with Crippen LogP contribution in [0.2, 0.25) is 5.02 Å². The standard InChI is InChI=1S/C28H34ClFN8O3/c1-14(2)38-21-9-15(8-19(30)24(21)35-27(38)37-13-16-10-17(37)12-36(16)4)23-18(29)11-32-26(34-23)33-20-6-5-7-22(25(20)39)41-28(40)31-3/h8-9,11,14,16-17,20,22H,5-7,10,12-13H2,1-4H3,(H,31,40)(H,32,33,34)/t16-,17-,20-,22+/m1/s1. The number of anilines is 2. The molecule has 1 aromatic carbocycles. The van der Waals surface area contributed by atoms with Crippen molar-refractivity contribution in [1.29, 1.82) is 0 Å². The Kier molecular flexibility index (Phi) is 7.23. The zero-order valence-corrected chi connectivity index (χ0v) is 24.3. The first-order chi connectivity index (χ1) is 19.6. The molecule has 3 fully saturated rings. The summed E-state index contributed by atoms with van der Waals surface area (Å²) >= 11 is 6.53. The third-order valence-electron chi connectivity index (χ3n) is 8.41. The first-order valence-corrected chi connectivity index (χ1v) is 14.4. The minimum atomic E-state index is -0.846. The van der Waals surface area contributed by atoms with Crippen molar-refractivity contribution in [3.05, 3.63) is 29.2 Å². The van der Waals surface area contributed by atoms with E-state index in [2.05, 4.69) is 55.9 Å². The molecule has 4 heterocycles. The molecule has 1 amide bonds. The van der Waals surface area contributed by atoms with Gasteiger partial charge in [0.2, 0.25) is 11.9 Å². The van der Waals surface area contributed by atoms with Crippen molar-refractivity contribution in [2.24, 2.45) is 0 Å². The number of aromatic nitrogens is 4. The molecule has 11 nitrogen and oxygen atoms in total. The molecule has 2 aliphatic heterocycles. The van der Waals surface area contributed by atoms with Crippen LogP contribution in [0.25, 0.3) is 22.3 Å². The number of ketones is 1. The second-order valence-electron chi connectivity index (χ2n) is 11.4. The molecule has 2 aromatic heterocycles. The van der Waals surface area contributed by atoms with Gasteiger partial charge in [-0.25, -0.2) is 24.1 Å². The highest BCUT2D eigenvalue weighted by atomic mass is 35.5. The average molecular weight is 585 g/mol. The molecule has 3 aliphatic rings. The van der Waals surface area contributed by atoms with Gasteiger partial charge in [0.1, 0.15) is 5.52 Å². The zero-order valence-electron chi connectivity index (χ0n) is 23.5. The number of likely N-dealkylation sites (tertiary alicyclic amines) is 1. The highest BCUT2D eigenvalue weighted by molar-refractivity contribution is 6.33. The number of nitrogens with zero attached hydrogens (tertiary/aromatic N) is 6. The summed E-state index contributed by atoms with van der Waals surface area (Å²) < 4.78 is 23.0. The molecule has 3 aromatic rings. The Labute approximate surface area is 242 Å². The summed E-state index contributed by atoms with van der Waals surface area (Å²) in [5.74, 6) is 0.259. The zero-order chi connectivity index (χ0) is 29.0. The molecule has 218 valence electrons. The van der Waals surface area contributed by atoms with Crippen LogP contribution in [0.5, 0.6) is 0 Å². The van der Waals surface area contributed by atoms with E-state index in [0.717, 1.165) is 25.5 Å². The summed E-state index contributed by atoms with van der Waals surface area (Å²) in [6, 6.07) is 3.51. The molecule has 41 heavy (non-hydrogen) atoms. The van der Waals surface area contributed by atoms with E-state index in [1.54, 1.807) is 0 Å². The van der Waals surface area contributed by atoms with Crippen LogP contribution in [0.3, 0.4) is 0 Å². The first-order valence-electron chi connectivity index (χ1n) is 14.0. The van der Waals surface area contributed by atoms with Crippen LogP contribution >= 0.6 is 11.6 Å². The number of Topliss-reactive ketones (excluding diaryl/α,β-unsaturated/α-hetero) is 1. The summed E-state index contributed by atoms with van der Waals surface area (Å²) in [6.07, 6.45) is 2.70. The Bertz CT molecular complexity index is 1510. The predicted octanol–water partition coefficient (Wildman–Crippen LogP) is 4.02. The van der Waals surface area contributed by atoms with Crippen LogP contribution in [0, 0.1) is 5.82 Å². The van der Waals surface area contributed by atoms with Crippen LogP contribution in [-0.2, 0) is 9.53 Å². The molecule has 0 spiro atoms. The molecule has 0 unspecified atom stereocenters. The Morgan fingerprint density at radius 3 is 2.68 bits per heavy atom. The van der Waals surface area contributed by atoms with Gasteiger partial charge in [-0.05, 0) is 58.7 Å². The fourth-order valence-electron chi connectivity index (χ4n) is 6.36. The number of fused-ring (bicyclic) bond motifs is 3. The maximum Gasteiger partial charge on any atom is 0.407 e. The first kappa shape index (κ1) is 27.6. The number of carbonyl (C=O) groups excluding carboxylic acids is 2.